The fourth-order valence-electron chi connectivity index (χ4n) is 2.27. The standard InChI is InChI=1S/C13H14BrN3O/c14-9-1-2-11-8(5-9)6-12(17-11)13(18)16-10-3-4-15-7-10/h1-2,5-6,10,15,17H,3-4,7H2,(H,16,18)/t10-/m0/s1. The SMILES string of the molecule is O=C(N[C@H]1CCNC1)c1cc2cc(Br)ccc2[nH]1. The molecule has 0 saturated carbocycles. The summed E-state index contributed by atoms with van der Waals surface area (Å²) in [6.45, 7) is 1.84. The van der Waals surface area contributed by atoms with Crippen LogP contribution in [-0.4, -0.2) is 30.0 Å². The van der Waals surface area contributed by atoms with Gasteiger partial charge in [0.05, 0.1) is 0 Å². The van der Waals surface area contributed by atoms with Crippen molar-refractivity contribution in [1.82, 2.24) is 15.6 Å². The third-order valence-electron chi connectivity index (χ3n) is 3.22. The molecule has 2 aromatic rings. The van der Waals surface area contributed by atoms with Crippen LogP contribution < -0.4 is 10.6 Å². The third kappa shape index (κ3) is 2.28. The number of H-pyrrole nitrogens is 1. The molecular formula is C13H14BrN3O. The van der Waals surface area contributed by atoms with Gasteiger partial charge < -0.3 is 15.6 Å². The van der Waals surface area contributed by atoms with Gasteiger partial charge in [0.25, 0.3) is 5.91 Å². The normalized spacial score (nSPS) is 19.3. The number of carbonyl (C=O) groups is 1. The lowest BCUT2D eigenvalue weighted by atomic mass is 10.2. The van der Waals surface area contributed by atoms with Crippen LogP contribution in [0.15, 0.2) is 28.7 Å². The van der Waals surface area contributed by atoms with E-state index in [-0.39, 0.29) is 11.9 Å². The number of amides is 1. The number of aromatic nitrogens is 1. The highest BCUT2D eigenvalue weighted by Crippen LogP contribution is 2.20. The van der Waals surface area contributed by atoms with Gasteiger partial charge in [-0.3, -0.25) is 4.79 Å². The van der Waals surface area contributed by atoms with Crippen molar-refractivity contribution in [3.05, 3.63) is 34.4 Å². The van der Waals surface area contributed by atoms with Crippen molar-refractivity contribution in [2.75, 3.05) is 13.1 Å². The first-order chi connectivity index (χ1) is 8.72. The maximum Gasteiger partial charge on any atom is 0.267 e. The van der Waals surface area contributed by atoms with Crippen LogP contribution in [-0.2, 0) is 0 Å². The quantitative estimate of drug-likeness (QED) is 0.795. The minimum absolute atomic E-state index is 0.0315. The second-order valence-corrected chi connectivity index (χ2v) is 5.49. The van der Waals surface area contributed by atoms with Gasteiger partial charge in [-0.2, -0.15) is 0 Å². The molecule has 1 amide bonds. The molecular weight excluding hydrogens is 294 g/mol. The van der Waals surface area contributed by atoms with E-state index in [2.05, 4.69) is 31.5 Å². The molecule has 0 spiro atoms. The van der Waals surface area contributed by atoms with E-state index < -0.39 is 0 Å². The zero-order valence-corrected chi connectivity index (χ0v) is 11.4. The van der Waals surface area contributed by atoms with Crippen molar-refractivity contribution in [2.24, 2.45) is 0 Å². The van der Waals surface area contributed by atoms with Gasteiger partial charge in [-0.15, -0.1) is 0 Å². The molecule has 1 saturated heterocycles. The van der Waals surface area contributed by atoms with Crippen molar-refractivity contribution >= 4 is 32.7 Å². The first-order valence-electron chi connectivity index (χ1n) is 6.02. The molecule has 0 aliphatic carbocycles. The van der Waals surface area contributed by atoms with Crippen LogP contribution in [0.4, 0.5) is 0 Å². The number of aromatic amines is 1. The average molecular weight is 308 g/mol. The summed E-state index contributed by atoms with van der Waals surface area (Å²) in [6, 6.07) is 8.06. The minimum atomic E-state index is -0.0315. The minimum Gasteiger partial charge on any atom is -0.351 e. The van der Waals surface area contributed by atoms with Gasteiger partial charge >= 0.3 is 0 Å². The Morgan fingerprint density at radius 2 is 2.28 bits per heavy atom. The predicted octanol–water partition coefficient (Wildman–Crippen LogP) is 2.02. The van der Waals surface area contributed by atoms with Crippen molar-refractivity contribution in [3.63, 3.8) is 0 Å². The van der Waals surface area contributed by atoms with Gasteiger partial charge in [-0.1, -0.05) is 15.9 Å². The number of benzene rings is 1. The molecule has 5 heteroatoms. The van der Waals surface area contributed by atoms with Gasteiger partial charge in [-0.25, -0.2) is 0 Å². The number of hydrogen-bond acceptors (Lipinski definition) is 2. The van der Waals surface area contributed by atoms with E-state index in [1.165, 1.54) is 0 Å². The molecule has 1 fully saturated rings. The number of fused-ring (bicyclic) bond motifs is 1. The number of nitrogens with one attached hydrogen (secondary N) is 3. The molecule has 1 atom stereocenters. The summed E-state index contributed by atoms with van der Waals surface area (Å²) in [4.78, 5) is 15.2. The fourth-order valence-corrected chi connectivity index (χ4v) is 2.65. The van der Waals surface area contributed by atoms with Gasteiger partial charge in [-0.05, 0) is 37.2 Å². The lowest BCUT2D eigenvalue weighted by molar-refractivity contribution is 0.0936. The summed E-state index contributed by atoms with van der Waals surface area (Å²) in [5.41, 5.74) is 1.60. The summed E-state index contributed by atoms with van der Waals surface area (Å²) in [6.07, 6.45) is 0.998. The topological polar surface area (TPSA) is 56.9 Å². The summed E-state index contributed by atoms with van der Waals surface area (Å²) in [7, 11) is 0. The van der Waals surface area contributed by atoms with Crippen LogP contribution >= 0.6 is 15.9 Å². The summed E-state index contributed by atoms with van der Waals surface area (Å²) in [5, 5.41) is 7.30. The largest absolute Gasteiger partial charge is 0.351 e. The number of hydrogen-bond donors (Lipinski definition) is 3. The molecule has 94 valence electrons. The molecule has 3 rings (SSSR count). The summed E-state index contributed by atoms with van der Waals surface area (Å²) in [5.74, 6) is -0.0315. The number of rotatable bonds is 2. The molecule has 4 nitrogen and oxygen atoms in total. The second-order valence-electron chi connectivity index (χ2n) is 4.58. The zero-order chi connectivity index (χ0) is 12.5. The Kier molecular flexibility index (Phi) is 3.09. The van der Waals surface area contributed by atoms with Gasteiger partial charge in [0, 0.05) is 28.0 Å². The lowest BCUT2D eigenvalue weighted by Gasteiger charge is -2.09. The van der Waals surface area contributed by atoms with E-state index in [9.17, 15) is 4.79 Å². The zero-order valence-electron chi connectivity index (χ0n) is 9.79. The van der Waals surface area contributed by atoms with E-state index in [0.717, 1.165) is 34.9 Å². The maximum atomic E-state index is 12.1. The molecule has 1 aliphatic rings. The van der Waals surface area contributed by atoms with E-state index in [0.29, 0.717) is 5.69 Å². The van der Waals surface area contributed by atoms with E-state index in [4.69, 9.17) is 0 Å². The number of carbonyl (C=O) groups excluding carboxylic acids is 1. The second kappa shape index (κ2) is 4.74. The van der Waals surface area contributed by atoms with Crippen LogP contribution in [0.5, 0.6) is 0 Å². The van der Waals surface area contributed by atoms with Crippen molar-refractivity contribution in [2.45, 2.75) is 12.5 Å². The lowest BCUT2D eigenvalue weighted by Crippen LogP contribution is -2.36. The third-order valence-corrected chi connectivity index (χ3v) is 3.72. The van der Waals surface area contributed by atoms with E-state index >= 15 is 0 Å². The van der Waals surface area contributed by atoms with E-state index in [1.54, 1.807) is 0 Å². The van der Waals surface area contributed by atoms with Gasteiger partial charge in [0.15, 0.2) is 0 Å². The molecule has 18 heavy (non-hydrogen) atoms. The predicted molar refractivity (Wildman–Crippen MR) is 74.7 cm³/mol. The fraction of sp³-hybridized carbons (Fsp3) is 0.308. The molecule has 0 radical (unpaired) electrons. The monoisotopic (exact) mass is 307 g/mol. The first kappa shape index (κ1) is 11.7. The molecule has 3 N–H and O–H groups in total. The first-order valence-corrected chi connectivity index (χ1v) is 6.81. The highest BCUT2D eigenvalue weighted by atomic mass is 79.9. The molecule has 1 aliphatic heterocycles. The Balaban J connectivity index is 1.82. The molecule has 0 unspecified atom stereocenters. The van der Waals surface area contributed by atoms with Crippen LogP contribution in [0.25, 0.3) is 10.9 Å². The Hall–Kier alpha value is -1.33. The van der Waals surface area contributed by atoms with Crippen molar-refractivity contribution in [1.29, 1.82) is 0 Å². The van der Waals surface area contributed by atoms with Crippen LogP contribution in [0.3, 0.4) is 0 Å². The molecule has 1 aromatic carbocycles. The molecule has 0 bridgehead atoms. The molecule has 1 aromatic heterocycles. The van der Waals surface area contributed by atoms with Crippen LogP contribution in [0.2, 0.25) is 0 Å². The summed E-state index contributed by atoms with van der Waals surface area (Å²) >= 11 is 3.43. The number of halogens is 1. The van der Waals surface area contributed by atoms with Crippen LogP contribution in [0.1, 0.15) is 16.9 Å². The van der Waals surface area contributed by atoms with Crippen molar-refractivity contribution < 1.29 is 4.79 Å². The Morgan fingerprint density at radius 3 is 3.06 bits per heavy atom. The van der Waals surface area contributed by atoms with Gasteiger partial charge in [0.1, 0.15) is 5.69 Å². The average Bonchev–Trinajstić information content (AvgIpc) is 2.96. The van der Waals surface area contributed by atoms with Gasteiger partial charge in [0.2, 0.25) is 0 Å². The summed E-state index contributed by atoms with van der Waals surface area (Å²) < 4.78 is 1.01. The highest BCUT2D eigenvalue weighted by Gasteiger charge is 2.18. The smallest absolute Gasteiger partial charge is 0.267 e. The molecule has 2 heterocycles. The van der Waals surface area contributed by atoms with Crippen molar-refractivity contribution in [3.8, 4) is 0 Å². The van der Waals surface area contributed by atoms with Crippen LogP contribution in [0, 0.1) is 0 Å². The Labute approximate surface area is 113 Å². The Bertz CT molecular complexity index is 587. The highest BCUT2D eigenvalue weighted by molar-refractivity contribution is 9.10. The Morgan fingerprint density at radius 1 is 1.39 bits per heavy atom. The van der Waals surface area contributed by atoms with E-state index in [1.807, 2.05) is 24.3 Å². The maximum absolute atomic E-state index is 12.1.